The minimum absolute atomic E-state index is 0.490. The average Bonchev–Trinajstić information content (AvgIpc) is 3.00. The van der Waals surface area contributed by atoms with Gasteiger partial charge in [0.1, 0.15) is 18.2 Å². The van der Waals surface area contributed by atoms with Gasteiger partial charge in [0.25, 0.3) is 0 Å². The van der Waals surface area contributed by atoms with Crippen molar-refractivity contribution in [3.8, 4) is 11.3 Å². The molecule has 2 heterocycles. The molecule has 0 fully saturated rings. The predicted octanol–water partition coefficient (Wildman–Crippen LogP) is 6.71. The lowest BCUT2D eigenvalue weighted by atomic mass is 9.97. The first kappa shape index (κ1) is 18.7. The smallest absolute Gasteiger partial charge is 0.216 e. The van der Waals surface area contributed by atoms with Crippen LogP contribution in [-0.4, -0.2) is 0 Å². The zero-order valence-electron chi connectivity index (χ0n) is 17.8. The fourth-order valence-electron chi connectivity index (χ4n) is 4.09. The number of hydrogen-bond acceptors (Lipinski definition) is 1. The van der Waals surface area contributed by atoms with Crippen LogP contribution in [-0.2, 0) is 13.5 Å². The highest BCUT2D eigenvalue weighted by Gasteiger charge is 2.21. The number of furan rings is 1. The van der Waals surface area contributed by atoms with E-state index in [2.05, 4.69) is 94.9 Å². The van der Waals surface area contributed by atoms with Crippen molar-refractivity contribution in [2.24, 2.45) is 13.0 Å². The van der Waals surface area contributed by atoms with E-state index >= 15 is 0 Å². The Morgan fingerprint density at radius 1 is 0.929 bits per heavy atom. The fraction of sp³-hybridized carbons (Fsp3) is 0.346. The third-order valence-electron chi connectivity index (χ3n) is 5.65. The summed E-state index contributed by atoms with van der Waals surface area (Å²) in [6.45, 7) is 11.2. The standard InChI is InChI=1S/C26H30NO/c1-16(2)13-19-11-12-27(6)23(14-19)25-18(5)7-9-22-21-10-8-20(17(3)4)15-24(21)28-26(22)25/h7-12,14-17H,13H2,1-6H3/q+1. The maximum atomic E-state index is 6.47. The highest BCUT2D eigenvalue weighted by Crippen LogP contribution is 2.38. The van der Waals surface area contributed by atoms with E-state index in [1.165, 1.54) is 38.7 Å². The van der Waals surface area contributed by atoms with E-state index < -0.39 is 0 Å². The number of hydrogen-bond donors (Lipinski definition) is 0. The molecule has 0 aliphatic rings. The number of fused-ring (bicyclic) bond motifs is 3. The zero-order valence-corrected chi connectivity index (χ0v) is 17.8. The number of nitrogens with zero attached hydrogens (tertiary/aromatic N) is 1. The molecule has 28 heavy (non-hydrogen) atoms. The second-order valence-electron chi connectivity index (χ2n) is 8.78. The molecule has 4 rings (SSSR count). The molecule has 2 heteroatoms. The second-order valence-corrected chi connectivity index (χ2v) is 8.78. The first-order valence-corrected chi connectivity index (χ1v) is 10.3. The van der Waals surface area contributed by atoms with Gasteiger partial charge in [-0.15, -0.1) is 0 Å². The third-order valence-corrected chi connectivity index (χ3v) is 5.65. The number of benzene rings is 2. The zero-order chi connectivity index (χ0) is 20.0. The summed E-state index contributed by atoms with van der Waals surface area (Å²) in [5, 5.41) is 2.39. The molecule has 2 nitrogen and oxygen atoms in total. The van der Waals surface area contributed by atoms with Crippen LogP contribution in [0.2, 0.25) is 0 Å². The lowest BCUT2D eigenvalue weighted by Crippen LogP contribution is -2.31. The first-order valence-electron chi connectivity index (χ1n) is 10.3. The quantitative estimate of drug-likeness (QED) is 0.364. The van der Waals surface area contributed by atoms with Crippen LogP contribution in [0, 0.1) is 12.8 Å². The molecule has 0 bridgehead atoms. The molecule has 0 spiro atoms. The van der Waals surface area contributed by atoms with E-state index in [0.29, 0.717) is 11.8 Å². The molecule has 0 atom stereocenters. The molecular weight excluding hydrogens is 342 g/mol. The Morgan fingerprint density at radius 3 is 2.39 bits per heavy atom. The minimum Gasteiger partial charge on any atom is -0.455 e. The van der Waals surface area contributed by atoms with Crippen LogP contribution in [0.4, 0.5) is 0 Å². The lowest BCUT2D eigenvalue weighted by Gasteiger charge is -2.09. The van der Waals surface area contributed by atoms with Gasteiger partial charge in [-0.25, -0.2) is 4.57 Å². The van der Waals surface area contributed by atoms with Crippen LogP contribution in [0.1, 0.15) is 50.3 Å². The Bertz CT molecular complexity index is 1160. The summed E-state index contributed by atoms with van der Waals surface area (Å²) in [6.07, 6.45) is 3.26. The van der Waals surface area contributed by atoms with Gasteiger partial charge in [0.05, 0.1) is 5.56 Å². The topological polar surface area (TPSA) is 17.0 Å². The summed E-state index contributed by atoms with van der Waals surface area (Å²) in [7, 11) is 2.12. The lowest BCUT2D eigenvalue weighted by molar-refractivity contribution is -0.660. The van der Waals surface area contributed by atoms with Crippen molar-refractivity contribution in [2.75, 3.05) is 0 Å². The van der Waals surface area contributed by atoms with E-state index in [1.807, 2.05) is 0 Å². The minimum atomic E-state index is 0.490. The predicted molar refractivity (Wildman–Crippen MR) is 118 cm³/mol. The van der Waals surface area contributed by atoms with Crippen LogP contribution in [0.15, 0.2) is 53.1 Å². The molecule has 2 aromatic heterocycles. The Labute approximate surface area is 167 Å². The van der Waals surface area contributed by atoms with Crippen molar-refractivity contribution >= 4 is 21.9 Å². The largest absolute Gasteiger partial charge is 0.455 e. The maximum Gasteiger partial charge on any atom is 0.216 e. The van der Waals surface area contributed by atoms with Crippen molar-refractivity contribution < 1.29 is 8.98 Å². The van der Waals surface area contributed by atoms with Gasteiger partial charge < -0.3 is 4.42 Å². The van der Waals surface area contributed by atoms with Crippen LogP contribution >= 0.6 is 0 Å². The Hall–Kier alpha value is -2.61. The summed E-state index contributed by atoms with van der Waals surface area (Å²) in [4.78, 5) is 0. The van der Waals surface area contributed by atoms with Gasteiger partial charge >= 0.3 is 0 Å². The molecule has 0 amide bonds. The highest BCUT2D eigenvalue weighted by atomic mass is 16.3. The molecule has 4 aromatic rings. The van der Waals surface area contributed by atoms with Gasteiger partial charge in [-0.3, -0.25) is 0 Å². The molecule has 144 valence electrons. The number of rotatable bonds is 4. The van der Waals surface area contributed by atoms with Gasteiger partial charge in [-0.2, -0.15) is 0 Å². The van der Waals surface area contributed by atoms with Crippen molar-refractivity contribution in [3.05, 3.63) is 65.4 Å². The number of pyridine rings is 1. The molecule has 2 aromatic carbocycles. The van der Waals surface area contributed by atoms with Crippen molar-refractivity contribution in [2.45, 2.75) is 47.0 Å². The summed E-state index contributed by atoms with van der Waals surface area (Å²) >= 11 is 0. The number of aromatic nitrogens is 1. The van der Waals surface area contributed by atoms with Gasteiger partial charge in [-0.05, 0) is 47.9 Å². The Morgan fingerprint density at radius 2 is 1.68 bits per heavy atom. The molecular formula is C26H30NO+. The molecule has 0 radical (unpaired) electrons. The van der Waals surface area contributed by atoms with E-state index in [-0.39, 0.29) is 0 Å². The monoisotopic (exact) mass is 372 g/mol. The Balaban J connectivity index is 1.99. The molecule has 0 saturated heterocycles. The highest BCUT2D eigenvalue weighted by molar-refractivity contribution is 6.09. The maximum absolute atomic E-state index is 6.47. The summed E-state index contributed by atoms with van der Waals surface area (Å²) < 4.78 is 8.68. The molecule has 0 aliphatic heterocycles. The SMILES string of the molecule is Cc1ccc2c(oc3cc(C(C)C)ccc32)c1-c1cc(CC(C)C)cc[n+]1C. The van der Waals surface area contributed by atoms with Gasteiger partial charge in [-0.1, -0.05) is 52.0 Å². The van der Waals surface area contributed by atoms with Crippen LogP contribution in [0.25, 0.3) is 33.2 Å². The van der Waals surface area contributed by atoms with E-state index in [9.17, 15) is 0 Å². The normalized spacial score (nSPS) is 12.0. The average molecular weight is 373 g/mol. The van der Waals surface area contributed by atoms with E-state index in [4.69, 9.17) is 4.42 Å². The molecule has 0 N–H and O–H groups in total. The van der Waals surface area contributed by atoms with Gasteiger partial charge in [0.15, 0.2) is 6.20 Å². The molecule has 0 aliphatic carbocycles. The van der Waals surface area contributed by atoms with Gasteiger partial charge in [0.2, 0.25) is 5.69 Å². The number of aryl methyl sites for hydroxylation is 2. The van der Waals surface area contributed by atoms with Crippen LogP contribution in [0.3, 0.4) is 0 Å². The van der Waals surface area contributed by atoms with Crippen molar-refractivity contribution in [1.29, 1.82) is 0 Å². The summed E-state index contributed by atoms with van der Waals surface area (Å²) in [5.74, 6) is 1.13. The summed E-state index contributed by atoms with van der Waals surface area (Å²) in [6, 6.07) is 15.6. The summed E-state index contributed by atoms with van der Waals surface area (Å²) in [5.41, 5.74) is 8.32. The van der Waals surface area contributed by atoms with Crippen LogP contribution in [0.5, 0.6) is 0 Å². The van der Waals surface area contributed by atoms with Crippen molar-refractivity contribution in [3.63, 3.8) is 0 Å². The van der Waals surface area contributed by atoms with E-state index in [1.54, 1.807) is 0 Å². The Kier molecular flexibility index (Phi) is 4.74. The fourth-order valence-corrected chi connectivity index (χ4v) is 4.09. The van der Waals surface area contributed by atoms with Crippen molar-refractivity contribution in [1.82, 2.24) is 0 Å². The first-order chi connectivity index (χ1) is 13.3. The third kappa shape index (κ3) is 3.22. The molecule has 0 unspecified atom stereocenters. The molecule has 0 saturated carbocycles. The van der Waals surface area contributed by atoms with Crippen LogP contribution < -0.4 is 4.57 Å². The van der Waals surface area contributed by atoms with E-state index in [0.717, 1.165) is 17.6 Å². The van der Waals surface area contributed by atoms with Gasteiger partial charge in [0, 0.05) is 22.9 Å². The second kappa shape index (κ2) is 7.09.